The van der Waals surface area contributed by atoms with Gasteiger partial charge in [0.1, 0.15) is 19.8 Å². The molecule has 10 nitrogen and oxygen atoms in total. The Hall–Kier alpha value is -2.44. The van der Waals surface area contributed by atoms with Crippen molar-refractivity contribution >= 4 is 63.1 Å². The van der Waals surface area contributed by atoms with E-state index >= 15 is 0 Å². The number of rotatable bonds is 6. The van der Waals surface area contributed by atoms with Crippen molar-refractivity contribution < 1.29 is 28.6 Å². The van der Waals surface area contributed by atoms with Gasteiger partial charge >= 0.3 is 17.6 Å². The van der Waals surface area contributed by atoms with E-state index in [-0.39, 0.29) is 30.2 Å². The Bertz CT molecular complexity index is 588. The number of amidine groups is 2. The number of aliphatic imine (C=N–C) groups is 1. The van der Waals surface area contributed by atoms with Crippen molar-refractivity contribution in [3.05, 3.63) is 38.0 Å². The predicted molar refractivity (Wildman–Crippen MR) is 120 cm³/mol. The zero-order valence-corrected chi connectivity index (χ0v) is 18.5. The first-order valence-corrected chi connectivity index (χ1v) is 10.3. The maximum atomic E-state index is 11.1. The van der Waals surface area contributed by atoms with Gasteiger partial charge in [0.05, 0.1) is 0 Å². The smallest absolute Gasteiger partial charge is 0.436 e. The minimum absolute atomic E-state index is 0.0604. The van der Waals surface area contributed by atoms with Gasteiger partial charge in [0.2, 0.25) is 0 Å². The van der Waals surface area contributed by atoms with Crippen molar-refractivity contribution in [1.29, 1.82) is 5.41 Å². The normalized spacial score (nSPS) is 9.14. The molecule has 0 saturated carbocycles. The summed E-state index contributed by atoms with van der Waals surface area (Å²) in [5, 5.41) is 9.03. The van der Waals surface area contributed by atoms with E-state index in [9.17, 15) is 14.4 Å². The van der Waals surface area contributed by atoms with Crippen LogP contribution in [0.1, 0.15) is 0 Å². The number of alkyl carbamates (subject to hydrolysis) is 1. The molecule has 164 valence electrons. The van der Waals surface area contributed by atoms with E-state index in [4.69, 9.17) is 22.7 Å². The van der Waals surface area contributed by atoms with Crippen molar-refractivity contribution in [3.63, 3.8) is 0 Å². The number of nitrogens with one attached hydrogen (secondary N) is 2. The van der Waals surface area contributed by atoms with Gasteiger partial charge in [-0.05, 0) is 12.5 Å². The molecule has 29 heavy (non-hydrogen) atoms. The third kappa shape index (κ3) is 30.5. The van der Waals surface area contributed by atoms with Crippen molar-refractivity contribution in [2.45, 2.75) is 0 Å². The van der Waals surface area contributed by atoms with Crippen LogP contribution in [-0.4, -0.2) is 60.3 Å². The zero-order chi connectivity index (χ0) is 23.1. The highest BCUT2D eigenvalue weighted by molar-refractivity contribution is 8.13. The van der Waals surface area contributed by atoms with Crippen molar-refractivity contribution in [2.24, 2.45) is 10.7 Å². The van der Waals surface area contributed by atoms with Crippen LogP contribution in [0, 0.1) is 5.41 Å². The second-order valence-electron chi connectivity index (χ2n) is 3.90. The summed E-state index contributed by atoms with van der Waals surface area (Å²) in [7, 11) is 0. The Labute approximate surface area is 183 Å². The standard InChI is InChI=1S/C10H14N2O4S.C4H5ClO2.C2H6N2S/c1-4-6-15-9(13)11-8(17-3)12-10(14)16-7-5-2;1-2-3-7-4(5)6;1-5-2(3)4/h4-5H,1-2,6-7H2,3H3,(H,11,12,13,14);2H,1,3H2;1H3,(H3,3,4). The van der Waals surface area contributed by atoms with Crippen LogP contribution < -0.4 is 11.1 Å². The van der Waals surface area contributed by atoms with Gasteiger partial charge in [0, 0.05) is 11.6 Å². The first-order chi connectivity index (χ1) is 13.7. The number of hydrogen-bond donors (Lipinski definition) is 3. The van der Waals surface area contributed by atoms with E-state index in [1.807, 2.05) is 0 Å². The summed E-state index contributed by atoms with van der Waals surface area (Å²) in [4.78, 5) is 35.4. The topological polar surface area (TPSA) is 153 Å². The molecule has 0 atom stereocenters. The van der Waals surface area contributed by atoms with Gasteiger partial charge < -0.3 is 19.9 Å². The molecule has 0 aliphatic rings. The first-order valence-electron chi connectivity index (χ1n) is 7.44. The van der Waals surface area contributed by atoms with Crippen LogP contribution in [0.4, 0.5) is 14.4 Å². The Morgan fingerprint density at radius 3 is 1.83 bits per heavy atom. The summed E-state index contributed by atoms with van der Waals surface area (Å²) in [6.07, 6.45) is 6.18. The number of carbonyl (C=O) groups is 3. The van der Waals surface area contributed by atoms with Crippen LogP contribution in [-0.2, 0) is 14.2 Å². The molecule has 0 aromatic rings. The Balaban J connectivity index is -0.000000461. The van der Waals surface area contributed by atoms with E-state index in [0.29, 0.717) is 0 Å². The molecule has 0 heterocycles. The van der Waals surface area contributed by atoms with Crippen LogP contribution in [0.5, 0.6) is 0 Å². The van der Waals surface area contributed by atoms with Gasteiger partial charge in [0.15, 0.2) is 10.3 Å². The summed E-state index contributed by atoms with van der Waals surface area (Å²) in [6.45, 7) is 10.4. The average Bonchev–Trinajstić information content (AvgIpc) is 2.69. The quantitative estimate of drug-likeness (QED) is 0.174. The number of nitrogens with two attached hydrogens (primary N) is 1. The van der Waals surface area contributed by atoms with Gasteiger partial charge in [-0.2, -0.15) is 4.99 Å². The summed E-state index contributed by atoms with van der Waals surface area (Å²) in [6, 6.07) is 0. The lowest BCUT2D eigenvalue weighted by molar-refractivity contribution is 0.164. The number of hydrogen-bond acceptors (Lipinski definition) is 9. The highest BCUT2D eigenvalue weighted by Crippen LogP contribution is 1.98. The lowest BCUT2D eigenvalue weighted by Crippen LogP contribution is -2.29. The van der Waals surface area contributed by atoms with E-state index in [1.165, 1.54) is 30.0 Å². The van der Waals surface area contributed by atoms with Gasteiger partial charge in [-0.1, -0.05) is 61.5 Å². The molecular weight excluding hydrogens is 444 g/mol. The first kappa shape index (κ1) is 31.3. The largest absolute Gasteiger partial charge is 0.449 e. The predicted octanol–water partition coefficient (Wildman–Crippen LogP) is 3.73. The number of thioether (sulfide) groups is 2. The Morgan fingerprint density at radius 2 is 1.48 bits per heavy atom. The summed E-state index contributed by atoms with van der Waals surface area (Å²) in [5.41, 5.74) is 4.05. The summed E-state index contributed by atoms with van der Waals surface area (Å²) in [5.74, 6) is 0. The second kappa shape index (κ2) is 23.6. The van der Waals surface area contributed by atoms with Crippen LogP contribution in [0.25, 0.3) is 0 Å². The Morgan fingerprint density at radius 1 is 1.03 bits per heavy atom. The van der Waals surface area contributed by atoms with Gasteiger partial charge in [-0.3, -0.25) is 10.7 Å². The van der Waals surface area contributed by atoms with E-state index in [1.54, 1.807) is 12.5 Å². The van der Waals surface area contributed by atoms with E-state index < -0.39 is 17.6 Å². The van der Waals surface area contributed by atoms with Crippen LogP contribution in [0.3, 0.4) is 0 Å². The maximum Gasteiger partial charge on any atom is 0.436 e. The highest BCUT2D eigenvalue weighted by Gasteiger charge is 2.08. The molecule has 13 heteroatoms. The molecule has 0 aliphatic heterocycles. The molecule has 0 fully saturated rings. The monoisotopic (exact) mass is 468 g/mol. The molecule has 2 amide bonds. The fourth-order valence-corrected chi connectivity index (χ4v) is 1.17. The Kier molecular flexibility index (Phi) is 25.4. The number of nitrogens with zero attached hydrogens (tertiary/aromatic N) is 1. The molecule has 0 aromatic carbocycles. The molecular formula is C16H25ClN4O6S2. The fourth-order valence-electron chi connectivity index (χ4n) is 0.752. The minimum atomic E-state index is -0.807. The lowest BCUT2D eigenvalue weighted by atomic mass is 10.7. The summed E-state index contributed by atoms with van der Waals surface area (Å²) >= 11 is 7.07. The van der Waals surface area contributed by atoms with Gasteiger partial charge in [0.25, 0.3) is 0 Å². The number of amides is 2. The van der Waals surface area contributed by atoms with Crippen LogP contribution in [0.15, 0.2) is 43.0 Å². The van der Waals surface area contributed by atoms with Crippen molar-refractivity contribution in [2.75, 3.05) is 32.3 Å². The zero-order valence-electron chi connectivity index (χ0n) is 16.1. The molecule has 4 N–H and O–H groups in total. The molecule has 0 saturated heterocycles. The molecule has 0 radical (unpaired) electrons. The van der Waals surface area contributed by atoms with Crippen molar-refractivity contribution in [3.8, 4) is 0 Å². The summed E-state index contributed by atoms with van der Waals surface area (Å²) < 4.78 is 13.5. The molecule has 0 spiro atoms. The molecule has 0 aromatic heterocycles. The number of halogens is 1. The fraction of sp³-hybridized carbons (Fsp3) is 0.312. The lowest BCUT2D eigenvalue weighted by Gasteiger charge is -2.05. The average molecular weight is 469 g/mol. The minimum Gasteiger partial charge on any atom is -0.449 e. The molecule has 0 unspecified atom stereocenters. The molecule has 0 bridgehead atoms. The number of carbonyl (C=O) groups excluding carboxylic acids is 3. The van der Waals surface area contributed by atoms with Crippen LogP contribution in [0.2, 0.25) is 0 Å². The molecule has 0 aliphatic carbocycles. The molecule has 0 rings (SSSR count). The second-order valence-corrected chi connectivity index (χ2v) is 5.86. The SMILES string of the molecule is C=CCOC(=O)Cl.C=CCOC(=O)N=C(NC(=O)OCC=C)SC.CSC(=N)N. The third-order valence-corrected chi connectivity index (χ3v) is 2.92. The van der Waals surface area contributed by atoms with E-state index in [2.05, 4.69) is 44.3 Å². The number of ether oxygens (including phenoxy) is 3. The maximum absolute atomic E-state index is 11.1. The van der Waals surface area contributed by atoms with Gasteiger partial charge in [-0.15, -0.1) is 0 Å². The van der Waals surface area contributed by atoms with Crippen molar-refractivity contribution in [1.82, 2.24) is 5.32 Å². The highest BCUT2D eigenvalue weighted by atomic mass is 35.5. The third-order valence-electron chi connectivity index (χ3n) is 1.79. The van der Waals surface area contributed by atoms with Gasteiger partial charge in [-0.25, -0.2) is 14.4 Å². The van der Waals surface area contributed by atoms with Crippen LogP contribution >= 0.6 is 35.1 Å². The van der Waals surface area contributed by atoms with E-state index in [0.717, 1.165) is 11.8 Å².